The van der Waals surface area contributed by atoms with Gasteiger partial charge in [0.15, 0.2) is 5.96 Å². The maximum absolute atomic E-state index is 12.3. The lowest BCUT2D eigenvalue weighted by Gasteiger charge is -2.34. The van der Waals surface area contributed by atoms with E-state index in [1.165, 1.54) is 0 Å². The SMILES string of the molecule is CCNC(=NCCS(=O)Cc1ccccc1)N1CCCC(C(=O)OCC)C1.I. The molecule has 0 aliphatic carbocycles. The van der Waals surface area contributed by atoms with Crippen LogP contribution in [0.4, 0.5) is 0 Å². The molecular weight excluding hydrogens is 489 g/mol. The number of hydrogen-bond donors (Lipinski definition) is 1. The Morgan fingerprint density at radius 1 is 1.32 bits per heavy atom. The monoisotopic (exact) mass is 521 g/mol. The van der Waals surface area contributed by atoms with Gasteiger partial charge in [-0.25, -0.2) is 0 Å². The van der Waals surface area contributed by atoms with Crippen LogP contribution < -0.4 is 5.32 Å². The largest absolute Gasteiger partial charge is 0.466 e. The number of aliphatic imine (C=N–C) groups is 1. The quantitative estimate of drug-likeness (QED) is 0.247. The molecule has 8 heteroatoms. The van der Waals surface area contributed by atoms with Gasteiger partial charge in [0.1, 0.15) is 0 Å². The van der Waals surface area contributed by atoms with Gasteiger partial charge in [-0.2, -0.15) is 0 Å². The summed E-state index contributed by atoms with van der Waals surface area (Å²) in [4.78, 5) is 18.8. The minimum absolute atomic E-state index is 0. The van der Waals surface area contributed by atoms with Crippen LogP contribution in [0.2, 0.25) is 0 Å². The second-order valence-corrected chi connectivity index (χ2v) is 8.12. The fraction of sp³-hybridized carbons (Fsp3) is 0.600. The molecule has 158 valence electrons. The molecule has 0 amide bonds. The van der Waals surface area contributed by atoms with E-state index in [-0.39, 0.29) is 35.9 Å². The molecular formula is C20H32IN3O3S. The third-order valence-electron chi connectivity index (χ3n) is 4.43. The van der Waals surface area contributed by atoms with Gasteiger partial charge < -0.3 is 15.0 Å². The van der Waals surface area contributed by atoms with E-state index in [1.807, 2.05) is 44.2 Å². The van der Waals surface area contributed by atoms with Crippen molar-refractivity contribution in [1.29, 1.82) is 0 Å². The predicted molar refractivity (Wildman–Crippen MR) is 125 cm³/mol. The van der Waals surface area contributed by atoms with Gasteiger partial charge in [0.2, 0.25) is 0 Å². The number of guanidine groups is 1. The second-order valence-electron chi connectivity index (χ2n) is 6.55. The zero-order valence-corrected chi connectivity index (χ0v) is 19.9. The van der Waals surface area contributed by atoms with Gasteiger partial charge in [-0.05, 0) is 32.3 Å². The summed E-state index contributed by atoms with van der Waals surface area (Å²) in [6.07, 6.45) is 1.80. The fourth-order valence-corrected chi connectivity index (χ4v) is 4.14. The van der Waals surface area contributed by atoms with Crippen molar-refractivity contribution in [1.82, 2.24) is 10.2 Å². The van der Waals surface area contributed by atoms with Crippen LogP contribution in [0.3, 0.4) is 0 Å². The number of benzene rings is 1. The smallest absolute Gasteiger partial charge is 0.310 e. The summed E-state index contributed by atoms with van der Waals surface area (Å²) in [6.45, 7) is 7.02. The summed E-state index contributed by atoms with van der Waals surface area (Å²) in [5.74, 6) is 1.65. The highest BCUT2D eigenvalue weighted by Gasteiger charge is 2.28. The molecule has 2 atom stereocenters. The Morgan fingerprint density at radius 3 is 2.75 bits per heavy atom. The van der Waals surface area contributed by atoms with E-state index >= 15 is 0 Å². The van der Waals surface area contributed by atoms with Gasteiger partial charge in [-0.3, -0.25) is 14.0 Å². The highest BCUT2D eigenvalue weighted by molar-refractivity contribution is 14.0. The predicted octanol–water partition coefficient (Wildman–Crippen LogP) is 2.79. The van der Waals surface area contributed by atoms with E-state index < -0.39 is 10.8 Å². The average Bonchev–Trinajstić information content (AvgIpc) is 2.68. The highest BCUT2D eigenvalue weighted by atomic mass is 127. The molecule has 28 heavy (non-hydrogen) atoms. The van der Waals surface area contributed by atoms with Crippen LogP contribution in [0.5, 0.6) is 0 Å². The van der Waals surface area contributed by atoms with Gasteiger partial charge in [0, 0.05) is 41.9 Å². The van der Waals surface area contributed by atoms with E-state index in [4.69, 9.17) is 4.74 Å². The number of carbonyl (C=O) groups is 1. The molecule has 0 aromatic heterocycles. The Kier molecular flexibility index (Phi) is 12.4. The molecule has 0 radical (unpaired) electrons. The molecule has 1 N–H and O–H groups in total. The third kappa shape index (κ3) is 8.46. The van der Waals surface area contributed by atoms with Crippen LogP contribution in [0.1, 0.15) is 32.3 Å². The number of rotatable bonds is 8. The maximum atomic E-state index is 12.3. The molecule has 1 heterocycles. The fourth-order valence-electron chi connectivity index (χ4n) is 3.13. The second kappa shape index (κ2) is 13.9. The molecule has 6 nitrogen and oxygen atoms in total. The highest BCUT2D eigenvalue weighted by Crippen LogP contribution is 2.18. The number of nitrogens with zero attached hydrogens (tertiary/aromatic N) is 2. The molecule has 1 aliphatic rings. The number of piperidine rings is 1. The van der Waals surface area contributed by atoms with Crippen molar-refractivity contribution in [2.45, 2.75) is 32.4 Å². The van der Waals surface area contributed by atoms with Crippen molar-refractivity contribution in [3.05, 3.63) is 35.9 Å². The Labute approximate surface area is 188 Å². The summed E-state index contributed by atoms with van der Waals surface area (Å²) in [5, 5.41) is 3.29. The van der Waals surface area contributed by atoms with Gasteiger partial charge in [0.25, 0.3) is 0 Å². The van der Waals surface area contributed by atoms with Crippen LogP contribution >= 0.6 is 24.0 Å². The van der Waals surface area contributed by atoms with E-state index in [1.54, 1.807) is 0 Å². The molecule has 2 unspecified atom stereocenters. The Morgan fingerprint density at radius 2 is 2.07 bits per heavy atom. The first kappa shape index (κ1) is 24.9. The molecule has 0 bridgehead atoms. The molecule has 0 spiro atoms. The summed E-state index contributed by atoms with van der Waals surface area (Å²) in [7, 11) is -0.941. The lowest BCUT2D eigenvalue weighted by atomic mass is 9.98. The summed E-state index contributed by atoms with van der Waals surface area (Å²) in [6, 6.07) is 9.87. The van der Waals surface area contributed by atoms with Crippen molar-refractivity contribution < 1.29 is 13.7 Å². The number of ether oxygens (including phenoxy) is 1. The van der Waals surface area contributed by atoms with Crippen molar-refractivity contribution in [2.75, 3.05) is 38.5 Å². The minimum Gasteiger partial charge on any atom is -0.466 e. The molecule has 1 aromatic rings. The lowest BCUT2D eigenvalue weighted by molar-refractivity contribution is -0.149. The molecule has 2 rings (SSSR count). The number of esters is 1. The Hall–Kier alpha value is -1.16. The summed E-state index contributed by atoms with van der Waals surface area (Å²) < 4.78 is 17.5. The van der Waals surface area contributed by atoms with Gasteiger partial charge in [0.05, 0.1) is 19.1 Å². The summed E-state index contributed by atoms with van der Waals surface area (Å²) >= 11 is 0. The van der Waals surface area contributed by atoms with E-state index in [0.717, 1.165) is 37.5 Å². The first-order chi connectivity index (χ1) is 13.1. The number of hydrogen-bond acceptors (Lipinski definition) is 4. The standard InChI is InChI=1S/C20H31N3O3S.HI/c1-3-21-20(23-13-8-11-18(15-23)19(24)26-4-2)22-12-14-27(25)16-17-9-6-5-7-10-17;/h5-7,9-10,18H,3-4,8,11-16H2,1-2H3,(H,21,22);1H. The van der Waals surface area contributed by atoms with E-state index in [9.17, 15) is 9.00 Å². The van der Waals surface area contributed by atoms with Crippen molar-refractivity contribution in [3.8, 4) is 0 Å². The third-order valence-corrected chi connectivity index (χ3v) is 5.72. The molecule has 0 saturated carbocycles. The zero-order valence-electron chi connectivity index (χ0n) is 16.8. The molecule has 1 saturated heterocycles. The van der Waals surface area contributed by atoms with Gasteiger partial charge in [-0.15, -0.1) is 24.0 Å². The maximum Gasteiger partial charge on any atom is 0.310 e. The van der Waals surface area contributed by atoms with Crippen LogP contribution in [-0.4, -0.2) is 59.6 Å². The van der Waals surface area contributed by atoms with Crippen molar-refractivity contribution >= 4 is 46.7 Å². The van der Waals surface area contributed by atoms with E-state index in [2.05, 4.69) is 15.2 Å². The van der Waals surface area contributed by atoms with Crippen LogP contribution in [0, 0.1) is 5.92 Å². The van der Waals surface area contributed by atoms with Crippen LogP contribution in [0.15, 0.2) is 35.3 Å². The summed E-state index contributed by atoms with van der Waals surface area (Å²) in [5.41, 5.74) is 1.08. The van der Waals surface area contributed by atoms with E-state index in [0.29, 0.717) is 31.2 Å². The first-order valence-electron chi connectivity index (χ1n) is 9.72. The van der Waals surface area contributed by atoms with Gasteiger partial charge >= 0.3 is 5.97 Å². The zero-order chi connectivity index (χ0) is 19.5. The minimum atomic E-state index is -0.941. The Bertz CT molecular complexity index is 643. The Balaban J connectivity index is 0.00000392. The van der Waals surface area contributed by atoms with Crippen LogP contribution in [-0.2, 0) is 26.1 Å². The number of halogens is 1. The molecule has 1 fully saturated rings. The average molecular weight is 521 g/mol. The van der Waals surface area contributed by atoms with Crippen molar-refractivity contribution in [2.24, 2.45) is 10.9 Å². The first-order valence-corrected chi connectivity index (χ1v) is 11.2. The van der Waals surface area contributed by atoms with Gasteiger partial charge in [-0.1, -0.05) is 30.3 Å². The van der Waals surface area contributed by atoms with Crippen LogP contribution in [0.25, 0.3) is 0 Å². The number of likely N-dealkylation sites (tertiary alicyclic amines) is 1. The number of nitrogens with one attached hydrogen (secondary N) is 1. The van der Waals surface area contributed by atoms with Crippen molar-refractivity contribution in [3.63, 3.8) is 0 Å². The normalized spacial score (nSPS) is 18.1. The molecule has 1 aliphatic heterocycles. The number of carbonyl (C=O) groups excluding carboxylic acids is 1. The topological polar surface area (TPSA) is 71.0 Å². The lowest BCUT2D eigenvalue weighted by Crippen LogP contribution is -2.48. The molecule has 1 aromatic carbocycles.